The van der Waals surface area contributed by atoms with E-state index < -0.39 is 0 Å². The van der Waals surface area contributed by atoms with E-state index in [1.165, 1.54) is 38.3 Å². The molecule has 21 heavy (non-hydrogen) atoms. The Bertz CT molecular complexity index is 458. The van der Waals surface area contributed by atoms with Gasteiger partial charge in [0.15, 0.2) is 0 Å². The van der Waals surface area contributed by atoms with E-state index in [4.69, 9.17) is 4.74 Å². The van der Waals surface area contributed by atoms with Gasteiger partial charge in [-0.2, -0.15) is 0 Å². The molecule has 1 aromatic rings. The Balaban J connectivity index is 1.61. The SMILES string of the molecule is CO[C@@H]1CN(C2CCCC2)CC[C@@H]1Cc1cccc(F)c1. The lowest BCUT2D eigenvalue weighted by molar-refractivity contribution is -0.0238. The summed E-state index contributed by atoms with van der Waals surface area (Å²) in [4.78, 5) is 2.63. The first-order valence-corrected chi connectivity index (χ1v) is 8.27. The smallest absolute Gasteiger partial charge is 0.123 e. The standard InChI is InChI=1S/C18H26FNO/c1-21-18-13-20(17-7-2-3-8-17)10-9-15(18)11-14-5-4-6-16(19)12-14/h4-6,12,15,17-18H,2-3,7-11,13H2,1H3/t15-,18-/m1/s1. The minimum Gasteiger partial charge on any atom is -0.380 e. The Morgan fingerprint density at radius 1 is 1.24 bits per heavy atom. The Labute approximate surface area is 127 Å². The lowest BCUT2D eigenvalue weighted by Gasteiger charge is -2.40. The van der Waals surface area contributed by atoms with Gasteiger partial charge in [-0.3, -0.25) is 4.90 Å². The predicted molar refractivity (Wildman–Crippen MR) is 82.8 cm³/mol. The summed E-state index contributed by atoms with van der Waals surface area (Å²) in [6, 6.07) is 7.78. The monoisotopic (exact) mass is 291 g/mol. The molecule has 2 fully saturated rings. The molecule has 0 spiro atoms. The van der Waals surface area contributed by atoms with Crippen LogP contribution in [0.1, 0.15) is 37.7 Å². The van der Waals surface area contributed by atoms with Gasteiger partial charge in [0.1, 0.15) is 5.82 Å². The lowest BCUT2D eigenvalue weighted by atomic mass is 9.87. The molecule has 1 heterocycles. The molecule has 0 amide bonds. The lowest BCUT2D eigenvalue weighted by Crippen LogP contribution is -2.48. The molecule has 2 nitrogen and oxygen atoms in total. The van der Waals surface area contributed by atoms with Gasteiger partial charge in [-0.25, -0.2) is 4.39 Å². The second-order valence-electron chi connectivity index (χ2n) is 6.59. The Kier molecular flexibility index (Phi) is 4.91. The molecule has 0 unspecified atom stereocenters. The van der Waals surface area contributed by atoms with Crippen LogP contribution in [0, 0.1) is 11.7 Å². The molecular weight excluding hydrogens is 265 g/mol. The molecule has 0 N–H and O–H groups in total. The average Bonchev–Trinajstić information content (AvgIpc) is 3.02. The van der Waals surface area contributed by atoms with Gasteiger partial charge < -0.3 is 4.74 Å². The summed E-state index contributed by atoms with van der Waals surface area (Å²) in [6.45, 7) is 2.21. The molecule has 1 saturated heterocycles. The summed E-state index contributed by atoms with van der Waals surface area (Å²) in [5.41, 5.74) is 1.09. The van der Waals surface area contributed by atoms with Crippen molar-refractivity contribution in [3.8, 4) is 0 Å². The minimum atomic E-state index is -0.134. The van der Waals surface area contributed by atoms with Crippen molar-refractivity contribution in [1.29, 1.82) is 0 Å². The number of hydrogen-bond acceptors (Lipinski definition) is 2. The van der Waals surface area contributed by atoms with Crippen LogP contribution >= 0.6 is 0 Å². The average molecular weight is 291 g/mol. The largest absolute Gasteiger partial charge is 0.380 e. The van der Waals surface area contributed by atoms with Crippen LogP contribution in [-0.4, -0.2) is 37.2 Å². The fourth-order valence-electron chi connectivity index (χ4n) is 4.06. The van der Waals surface area contributed by atoms with Gasteiger partial charge in [0, 0.05) is 19.7 Å². The number of likely N-dealkylation sites (tertiary alicyclic amines) is 1. The molecule has 0 bridgehead atoms. The minimum absolute atomic E-state index is 0.134. The van der Waals surface area contributed by atoms with E-state index in [-0.39, 0.29) is 11.9 Å². The van der Waals surface area contributed by atoms with Crippen molar-refractivity contribution in [2.24, 2.45) is 5.92 Å². The summed E-state index contributed by atoms with van der Waals surface area (Å²) in [6.07, 6.45) is 7.83. The second-order valence-corrected chi connectivity index (χ2v) is 6.59. The number of hydrogen-bond donors (Lipinski definition) is 0. The van der Waals surface area contributed by atoms with E-state index in [2.05, 4.69) is 4.90 Å². The number of benzene rings is 1. The molecular formula is C18H26FNO. The van der Waals surface area contributed by atoms with Gasteiger partial charge in [-0.15, -0.1) is 0 Å². The fourth-order valence-corrected chi connectivity index (χ4v) is 4.06. The van der Waals surface area contributed by atoms with Crippen LogP contribution in [0.3, 0.4) is 0 Å². The topological polar surface area (TPSA) is 12.5 Å². The molecule has 2 aliphatic rings. The Morgan fingerprint density at radius 3 is 2.76 bits per heavy atom. The summed E-state index contributed by atoms with van der Waals surface area (Å²) >= 11 is 0. The van der Waals surface area contributed by atoms with E-state index in [1.54, 1.807) is 12.1 Å². The zero-order chi connectivity index (χ0) is 14.7. The zero-order valence-corrected chi connectivity index (χ0v) is 12.9. The van der Waals surface area contributed by atoms with Crippen LogP contribution in [-0.2, 0) is 11.2 Å². The van der Waals surface area contributed by atoms with E-state index in [9.17, 15) is 4.39 Å². The molecule has 1 aliphatic carbocycles. The van der Waals surface area contributed by atoms with Crippen LogP contribution in [0.2, 0.25) is 0 Å². The van der Waals surface area contributed by atoms with Crippen molar-refractivity contribution in [3.63, 3.8) is 0 Å². The normalized spacial score (nSPS) is 28.1. The molecule has 116 valence electrons. The van der Waals surface area contributed by atoms with E-state index in [0.717, 1.165) is 31.0 Å². The molecule has 3 heteroatoms. The number of piperidine rings is 1. The number of rotatable bonds is 4. The zero-order valence-electron chi connectivity index (χ0n) is 12.9. The molecule has 1 aliphatic heterocycles. The highest BCUT2D eigenvalue weighted by Gasteiger charge is 2.33. The first kappa shape index (κ1) is 15.0. The van der Waals surface area contributed by atoms with Gasteiger partial charge in [0.05, 0.1) is 6.10 Å². The van der Waals surface area contributed by atoms with E-state index in [0.29, 0.717) is 5.92 Å². The molecule has 0 radical (unpaired) electrons. The number of nitrogens with zero attached hydrogens (tertiary/aromatic N) is 1. The maximum Gasteiger partial charge on any atom is 0.123 e. The van der Waals surface area contributed by atoms with Crippen molar-refractivity contribution < 1.29 is 9.13 Å². The van der Waals surface area contributed by atoms with Crippen LogP contribution in [0.5, 0.6) is 0 Å². The molecule has 3 rings (SSSR count). The fraction of sp³-hybridized carbons (Fsp3) is 0.667. The first-order chi connectivity index (χ1) is 10.3. The maximum atomic E-state index is 13.3. The quantitative estimate of drug-likeness (QED) is 0.839. The van der Waals surface area contributed by atoms with Crippen molar-refractivity contribution in [2.45, 2.75) is 50.7 Å². The Hall–Kier alpha value is -0.930. The van der Waals surface area contributed by atoms with Gasteiger partial charge in [-0.1, -0.05) is 25.0 Å². The number of halogens is 1. The molecule has 1 saturated carbocycles. The predicted octanol–water partition coefficient (Wildman–Crippen LogP) is 3.65. The van der Waals surface area contributed by atoms with Gasteiger partial charge in [-0.05, 0) is 55.8 Å². The second kappa shape index (κ2) is 6.89. The maximum absolute atomic E-state index is 13.3. The molecule has 2 atom stereocenters. The van der Waals surface area contributed by atoms with Gasteiger partial charge >= 0.3 is 0 Å². The Morgan fingerprint density at radius 2 is 2.05 bits per heavy atom. The molecule has 0 aromatic heterocycles. The highest BCUT2D eigenvalue weighted by atomic mass is 19.1. The van der Waals surface area contributed by atoms with Gasteiger partial charge in [0.2, 0.25) is 0 Å². The van der Waals surface area contributed by atoms with E-state index in [1.807, 2.05) is 13.2 Å². The molecule has 1 aromatic carbocycles. The summed E-state index contributed by atoms with van der Waals surface area (Å²) in [5.74, 6) is 0.374. The first-order valence-electron chi connectivity index (χ1n) is 8.27. The highest BCUT2D eigenvalue weighted by Crippen LogP contribution is 2.30. The third-order valence-corrected chi connectivity index (χ3v) is 5.26. The van der Waals surface area contributed by atoms with Crippen LogP contribution in [0.25, 0.3) is 0 Å². The van der Waals surface area contributed by atoms with Crippen LogP contribution in [0.4, 0.5) is 4.39 Å². The third kappa shape index (κ3) is 3.64. The van der Waals surface area contributed by atoms with Crippen molar-refractivity contribution >= 4 is 0 Å². The van der Waals surface area contributed by atoms with Crippen molar-refractivity contribution in [1.82, 2.24) is 4.90 Å². The highest BCUT2D eigenvalue weighted by molar-refractivity contribution is 5.17. The summed E-state index contributed by atoms with van der Waals surface area (Å²) in [7, 11) is 1.82. The van der Waals surface area contributed by atoms with Crippen LogP contribution in [0.15, 0.2) is 24.3 Å². The summed E-state index contributed by atoms with van der Waals surface area (Å²) < 4.78 is 19.1. The van der Waals surface area contributed by atoms with Crippen molar-refractivity contribution in [2.75, 3.05) is 20.2 Å². The third-order valence-electron chi connectivity index (χ3n) is 5.26. The van der Waals surface area contributed by atoms with Gasteiger partial charge in [0.25, 0.3) is 0 Å². The number of methoxy groups -OCH3 is 1. The summed E-state index contributed by atoms with van der Waals surface area (Å²) in [5, 5.41) is 0. The van der Waals surface area contributed by atoms with Crippen LogP contribution < -0.4 is 0 Å². The number of ether oxygens (including phenoxy) is 1. The van der Waals surface area contributed by atoms with Crippen molar-refractivity contribution in [3.05, 3.63) is 35.6 Å². The van der Waals surface area contributed by atoms with E-state index >= 15 is 0 Å².